The Bertz CT molecular complexity index is 539. The van der Waals surface area contributed by atoms with Crippen LogP contribution in [0.3, 0.4) is 0 Å². The highest BCUT2D eigenvalue weighted by Crippen LogP contribution is 2.06. The number of benzene rings is 1. The van der Waals surface area contributed by atoms with Gasteiger partial charge in [-0.25, -0.2) is 9.18 Å². The Kier molecular flexibility index (Phi) is 8.01. The van der Waals surface area contributed by atoms with E-state index in [-0.39, 0.29) is 5.82 Å². The first-order valence-corrected chi connectivity index (χ1v) is 7.96. The number of halogens is 1. The number of guanidine groups is 1. The van der Waals surface area contributed by atoms with Gasteiger partial charge in [-0.15, -0.1) is 0 Å². The Balaban J connectivity index is 2.18. The van der Waals surface area contributed by atoms with Crippen molar-refractivity contribution in [3.63, 3.8) is 0 Å². The fraction of sp³-hybridized carbons (Fsp3) is 0.529. The molecule has 6 nitrogen and oxygen atoms in total. The van der Waals surface area contributed by atoms with E-state index in [2.05, 4.69) is 20.9 Å². The molecule has 0 bridgehead atoms. The molecule has 0 aliphatic carbocycles. The van der Waals surface area contributed by atoms with E-state index >= 15 is 0 Å². The van der Waals surface area contributed by atoms with Crippen LogP contribution < -0.4 is 16.0 Å². The third kappa shape index (κ3) is 8.97. The Morgan fingerprint density at radius 3 is 2.33 bits per heavy atom. The quantitative estimate of drug-likeness (QED) is 0.423. The average molecular weight is 338 g/mol. The molecule has 0 fully saturated rings. The van der Waals surface area contributed by atoms with Crippen LogP contribution in [-0.4, -0.2) is 37.8 Å². The van der Waals surface area contributed by atoms with Gasteiger partial charge in [-0.1, -0.05) is 12.1 Å². The molecule has 0 spiro atoms. The Labute approximate surface area is 142 Å². The van der Waals surface area contributed by atoms with E-state index in [1.807, 2.05) is 20.8 Å². The zero-order chi connectivity index (χ0) is 18.0. The summed E-state index contributed by atoms with van der Waals surface area (Å²) in [6.45, 7) is 7.19. The van der Waals surface area contributed by atoms with Crippen molar-refractivity contribution < 1.29 is 13.9 Å². The highest BCUT2D eigenvalue weighted by molar-refractivity contribution is 5.79. The molecule has 0 atom stereocenters. The van der Waals surface area contributed by atoms with Gasteiger partial charge in [0.15, 0.2) is 5.96 Å². The van der Waals surface area contributed by atoms with Gasteiger partial charge in [0.1, 0.15) is 11.4 Å². The fourth-order valence-electron chi connectivity index (χ4n) is 1.81. The first-order valence-electron chi connectivity index (χ1n) is 7.96. The van der Waals surface area contributed by atoms with E-state index in [4.69, 9.17) is 4.74 Å². The third-order valence-electron chi connectivity index (χ3n) is 2.91. The summed E-state index contributed by atoms with van der Waals surface area (Å²) in [5, 5.41) is 8.98. The Morgan fingerprint density at radius 2 is 1.75 bits per heavy atom. The summed E-state index contributed by atoms with van der Waals surface area (Å²) < 4.78 is 18.0. The molecule has 24 heavy (non-hydrogen) atoms. The standard InChI is InChI=1S/C17H27FN4O2/c1-17(2,3)24-16(23)21-11-5-10-20-15(19-4)22-12-13-6-8-14(18)9-7-13/h6-9H,5,10-12H2,1-4H3,(H,21,23)(H2,19,20,22). The lowest BCUT2D eigenvalue weighted by molar-refractivity contribution is 0.0527. The van der Waals surface area contributed by atoms with Crippen LogP contribution in [0, 0.1) is 5.82 Å². The minimum absolute atomic E-state index is 0.251. The molecule has 0 aliphatic rings. The predicted molar refractivity (Wildman–Crippen MR) is 93.5 cm³/mol. The zero-order valence-electron chi connectivity index (χ0n) is 14.8. The minimum Gasteiger partial charge on any atom is -0.444 e. The van der Waals surface area contributed by atoms with E-state index in [9.17, 15) is 9.18 Å². The normalized spacial score (nSPS) is 11.8. The van der Waals surface area contributed by atoms with E-state index < -0.39 is 11.7 Å². The maximum absolute atomic E-state index is 12.8. The highest BCUT2D eigenvalue weighted by Gasteiger charge is 2.15. The van der Waals surface area contributed by atoms with Crippen LogP contribution in [0.15, 0.2) is 29.3 Å². The Hall–Kier alpha value is -2.31. The van der Waals surface area contributed by atoms with Crippen LogP contribution in [0.2, 0.25) is 0 Å². The molecule has 1 aromatic rings. The first kappa shape index (κ1) is 19.7. The SMILES string of the molecule is CN=C(NCCCNC(=O)OC(C)(C)C)NCc1ccc(F)cc1. The Morgan fingerprint density at radius 1 is 1.12 bits per heavy atom. The average Bonchev–Trinajstić information content (AvgIpc) is 2.50. The highest BCUT2D eigenvalue weighted by atomic mass is 19.1. The van der Waals surface area contributed by atoms with Crippen molar-refractivity contribution in [2.45, 2.75) is 39.3 Å². The molecule has 1 rings (SSSR count). The number of carbonyl (C=O) groups excluding carboxylic acids is 1. The molecule has 0 aromatic heterocycles. The van der Waals surface area contributed by atoms with E-state index in [0.29, 0.717) is 25.6 Å². The van der Waals surface area contributed by atoms with Gasteiger partial charge < -0.3 is 20.7 Å². The lowest BCUT2D eigenvalue weighted by Gasteiger charge is -2.19. The van der Waals surface area contributed by atoms with E-state index in [1.165, 1.54) is 12.1 Å². The van der Waals surface area contributed by atoms with Crippen molar-refractivity contribution in [3.05, 3.63) is 35.6 Å². The third-order valence-corrected chi connectivity index (χ3v) is 2.91. The summed E-state index contributed by atoms with van der Waals surface area (Å²) in [6, 6.07) is 6.30. The van der Waals surface area contributed by atoms with Gasteiger partial charge in [-0.3, -0.25) is 4.99 Å². The molecular formula is C17H27FN4O2. The number of nitrogens with one attached hydrogen (secondary N) is 3. The molecule has 0 saturated heterocycles. The number of nitrogens with zero attached hydrogens (tertiary/aromatic N) is 1. The second kappa shape index (κ2) is 9.75. The number of ether oxygens (including phenoxy) is 1. The predicted octanol–water partition coefficient (Wildman–Crippen LogP) is 2.41. The summed E-state index contributed by atoms with van der Waals surface area (Å²) in [5.41, 5.74) is 0.472. The number of carbonyl (C=O) groups is 1. The number of alkyl carbamates (subject to hydrolysis) is 1. The molecule has 0 unspecified atom stereocenters. The fourth-order valence-corrected chi connectivity index (χ4v) is 1.81. The number of hydrogen-bond donors (Lipinski definition) is 3. The molecule has 0 radical (unpaired) electrons. The second-order valence-corrected chi connectivity index (χ2v) is 6.26. The molecule has 3 N–H and O–H groups in total. The zero-order valence-corrected chi connectivity index (χ0v) is 14.8. The molecule has 134 valence electrons. The van der Waals surface area contributed by atoms with Gasteiger partial charge in [0.25, 0.3) is 0 Å². The van der Waals surface area contributed by atoms with E-state index in [1.54, 1.807) is 19.2 Å². The van der Waals surface area contributed by atoms with Crippen molar-refractivity contribution >= 4 is 12.1 Å². The lowest BCUT2D eigenvalue weighted by atomic mass is 10.2. The van der Waals surface area contributed by atoms with Gasteiger partial charge in [0.05, 0.1) is 0 Å². The summed E-state index contributed by atoms with van der Waals surface area (Å²) in [7, 11) is 1.68. The van der Waals surface area contributed by atoms with Crippen LogP contribution in [0.1, 0.15) is 32.8 Å². The van der Waals surface area contributed by atoms with Crippen molar-refractivity contribution in [2.75, 3.05) is 20.1 Å². The van der Waals surface area contributed by atoms with Crippen LogP contribution >= 0.6 is 0 Å². The van der Waals surface area contributed by atoms with Crippen LogP contribution in [-0.2, 0) is 11.3 Å². The topological polar surface area (TPSA) is 74.8 Å². The molecule has 0 heterocycles. The lowest BCUT2D eigenvalue weighted by Crippen LogP contribution is -2.39. The summed E-state index contributed by atoms with van der Waals surface area (Å²) in [5.74, 6) is 0.398. The summed E-state index contributed by atoms with van der Waals surface area (Å²) in [4.78, 5) is 15.6. The molecule has 7 heteroatoms. The molecule has 1 aromatic carbocycles. The van der Waals surface area contributed by atoms with Gasteiger partial charge >= 0.3 is 6.09 Å². The van der Waals surface area contributed by atoms with Crippen LogP contribution in [0.4, 0.5) is 9.18 Å². The molecule has 0 aliphatic heterocycles. The van der Waals surface area contributed by atoms with Crippen LogP contribution in [0.25, 0.3) is 0 Å². The number of hydrogen-bond acceptors (Lipinski definition) is 3. The monoisotopic (exact) mass is 338 g/mol. The first-order chi connectivity index (χ1) is 11.3. The summed E-state index contributed by atoms with van der Waals surface area (Å²) in [6.07, 6.45) is 0.317. The van der Waals surface area contributed by atoms with Crippen LogP contribution in [0.5, 0.6) is 0 Å². The largest absolute Gasteiger partial charge is 0.444 e. The van der Waals surface area contributed by atoms with Crippen molar-refractivity contribution in [3.8, 4) is 0 Å². The van der Waals surface area contributed by atoms with Crippen molar-refractivity contribution in [2.24, 2.45) is 4.99 Å². The number of aliphatic imine (C=N–C) groups is 1. The van der Waals surface area contributed by atoms with Crippen molar-refractivity contribution in [1.29, 1.82) is 0 Å². The number of rotatable bonds is 6. The van der Waals surface area contributed by atoms with Crippen molar-refractivity contribution in [1.82, 2.24) is 16.0 Å². The maximum Gasteiger partial charge on any atom is 0.407 e. The van der Waals surface area contributed by atoms with Gasteiger partial charge in [-0.05, 0) is 44.9 Å². The van der Waals surface area contributed by atoms with Gasteiger partial charge in [0.2, 0.25) is 0 Å². The smallest absolute Gasteiger partial charge is 0.407 e. The molecule has 1 amide bonds. The molecule has 0 saturated carbocycles. The van der Waals surface area contributed by atoms with Gasteiger partial charge in [-0.2, -0.15) is 0 Å². The maximum atomic E-state index is 12.8. The minimum atomic E-state index is -0.491. The van der Waals surface area contributed by atoms with Gasteiger partial charge in [0, 0.05) is 26.7 Å². The van der Waals surface area contributed by atoms with E-state index in [0.717, 1.165) is 12.0 Å². The second-order valence-electron chi connectivity index (χ2n) is 6.26. The molecular weight excluding hydrogens is 311 g/mol. The summed E-state index contributed by atoms with van der Waals surface area (Å²) >= 11 is 0. The number of amides is 1.